The third-order valence-electron chi connectivity index (χ3n) is 2.87. The molecule has 1 rings (SSSR count). The number of carboxylic acids is 1. The van der Waals surface area contributed by atoms with Crippen LogP contribution in [0.3, 0.4) is 0 Å². The number of carbonyl (C=O) groups is 2. The highest BCUT2D eigenvalue weighted by atomic mass is 79.9. The maximum Gasteiger partial charge on any atom is 0.303 e. The lowest BCUT2D eigenvalue weighted by molar-refractivity contribution is -0.138. The van der Waals surface area contributed by atoms with Crippen molar-refractivity contribution in [1.82, 2.24) is 0 Å². The number of aliphatic carboxylic acids is 1. The van der Waals surface area contributed by atoms with Crippen molar-refractivity contribution in [1.29, 1.82) is 0 Å². The molecule has 0 radical (unpaired) electrons. The summed E-state index contributed by atoms with van der Waals surface area (Å²) in [6.45, 7) is 0. The molecular weight excluding hydrogens is 536 g/mol. The van der Waals surface area contributed by atoms with Gasteiger partial charge in [0.05, 0.1) is 16.1 Å². The Labute approximate surface area is 157 Å². The maximum absolute atomic E-state index is 12.0. The van der Waals surface area contributed by atoms with E-state index in [9.17, 15) is 9.59 Å². The molecule has 3 nitrogen and oxygen atoms in total. The van der Waals surface area contributed by atoms with Gasteiger partial charge in [-0.05, 0) is 5.56 Å². The zero-order valence-corrected chi connectivity index (χ0v) is 17.2. The second kappa shape index (κ2) is 9.43. The normalized spacial score (nSPS) is 16.8. The van der Waals surface area contributed by atoms with E-state index in [4.69, 9.17) is 5.11 Å². The van der Waals surface area contributed by atoms with E-state index in [2.05, 4.69) is 63.7 Å². The first kappa shape index (κ1) is 19.3. The first-order valence-electron chi connectivity index (χ1n) is 6.20. The van der Waals surface area contributed by atoms with Crippen molar-refractivity contribution in [2.75, 3.05) is 0 Å². The highest BCUT2D eigenvalue weighted by molar-refractivity contribution is 9.14. The molecule has 1 N–H and O–H groups in total. The second-order valence-electron chi connectivity index (χ2n) is 4.46. The van der Waals surface area contributed by atoms with Crippen LogP contribution in [-0.4, -0.2) is 31.3 Å². The summed E-state index contributed by atoms with van der Waals surface area (Å²) >= 11 is 14.1. The van der Waals surface area contributed by atoms with E-state index in [1.165, 1.54) is 0 Å². The summed E-state index contributed by atoms with van der Waals surface area (Å²) in [6.07, 6.45) is -0.130. The predicted molar refractivity (Wildman–Crippen MR) is 98.1 cm³/mol. The minimum Gasteiger partial charge on any atom is -0.481 e. The molecule has 0 aliphatic heterocycles. The molecule has 0 bridgehead atoms. The number of carbonyl (C=O) groups excluding carboxylic acids is 1. The van der Waals surface area contributed by atoms with Crippen molar-refractivity contribution in [3.63, 3.8) is 0 Å². The van der Waals surface area contributed by atoms with E-state index >= 15 is 0 Å². The van der Waals surface area contributed by atoms with Crippen molar-refractivity contribution in [2.45, 2.75) is 32.2 Å². The first-order valence-corrected chi connectivity index (χ1v) is 9.86. The van der Waals surface area contributed by atoms with Crippen molar-refractivity contribution >= 4 is 75.5 Å². The van der Waals surface area contributed by atoms with Gasteiger partial charge < -0.3 is 5.11 Å². The number of alkyl halides is 4. The van der Waals surface area contributed by atoms with Gasteiger partial charge in [-0.15, -0.1) is 0 Å². The topological polar surface area (TPSA) is 54.4 Å². The first-order chi connectivity index (χ1) is 9.84. The van der Waals surface area contributed by atoms with Gasteiger partial charge in [0.25, 0.3) is 0 Å². The van der Waals surface area contributed by atoms with Gasteiger partial charge in [-0.2, -0.15) is 0 Å². The van der Waals surface area contributed by atoms with Gasteiger partial charge in [-0.25, -0.2) is 0 Å². The second-order valence-corrected chi connectivity index (χ2v) is 8.55. The van der Waals surface area contributed by atoms with E-state index < -0.39 is 10.8 Å². The number of carboxylic acid groups (broad SMARTS) is 1. The molecule has 0 aliphatic rings. The molecular formula is C14H14Br4O3. The van der Waals surface area contributed by atoms with Crippen LogP contribution in [0.15, 0.2) is 30.3 Å². The molecule has 0 heterocycles. The smallest absolute Gasteiger partial charge is 0.303 e. The van der Waals surface area contributed by atoms with Crippen LogP contribution in [-0.2, 0) is 9.59 Å². The molecule has 0 saturated carbocycles. The molecule has 0 aliphatic carbocycles. The fraction of sp³-hybridized carbons (Fsp3) is 0.429. The molecule has 1 aromatic carbocycles. The number of hydrogen-bond donors (Lipinski definition) is 1. The van der Waals surface area contributed by atoms with E-state index in [1.807, 2.05) is 30.3 Å². The van der Waals surface area contributed by atoms with Crippen molar-refractivity contribution in [3.05, 3.63) is 35.9 Å². The Morgan fingerprint density at radius 3 is 2.05 bits per heavy atom. The van der Waals surface area contributed by atoms with Crippen LogP contribution in [0.2, 0.25) is 0 Å². The molecule has 0 amide bonds. The molecule has 116 valence electrons. The summed E-state index contributed by atoms with van der Waals surface area (Å²) in [5, 5.41) is 8.63. The van der Waals surface area contributed by atoms with Gasteiger partial charge >= 0.3 is 5.97 Å². The average Bonchev–Trinajstić information content (AvgIpc) is 2.50. The zero-order chi connectivity index (χ0) is 16.0. The van der Waals surface area contributed by atoms with Crippen molar-refractivity contribution in [2.24, 2.45) is 0 Å². The summed E-state index contributed by atoms with van der Waals surface area (Å²) in [5.74, 6) is -1.09. The van der Waals surface area contributed by atoms with Crippen LogP contribution >= 0.6 is 63.7 Å². The number of benzene rings is 1. The molecule has 21 heavy (non-hydrogen) atoms. The fourth-order valence-corrected chi connectivity index (χ4v) is 4.91. The summed E-state index contributed by atoms with van der Waals surface area (Å²) in [4.78, 5) is 21.9. The number of rotatable bonds is 8. The molecule has 0 aromatic heterocycles. The van der Waals surface area contributed by atoms with Crippen molar-refractivity contribution in [3.8, 4) is 0 Å². The molecule has 0 fully saturated rings. The monoisotopic (exact) mass is 546 g/mol. The molecule has 4 atom stereocenters. The highest BCUT2D eigenvalue weighted by Gasteiger charge is 2.33. The van der Waals surface area contributed by atoms with Crippen LogP contribution in [0.25, 0.3) is 0 Å². The molecule has 0 saturated heterocycles. The van der Waals surface area contributed by atoms with E-state index in [0.717, 1.165) is 5.56 Å². The Bertz CT molecular complexity index is 480. The van der Waals surface area contributed by atoms with Crippen LogP contribution in [0.5, 0.6) is 0 Å². The van der Waals surface area contributed by atoms with Gasteiger partial charge in [0.15, 0.2) is 0 Å². The van der Waals surface area contributed by atoms with E-state index in [-0.39, 0.29) is 33.1 Å². The summed E-state index contributed by atoms with van der Waals surface area (Å²) in [7, 11) is 0. The Kier molecular flexibility index (Phi) is 8.67. The molecule has 1 aromatic rings. The summed E-state index contributed by atoms with van der Waals surface area (Å²) in [6, 6.07) is 9.86. The minimum absolute atomic E-state index is 0.0192. The zero-order valence-electron chi connectivity index (χ0n) is 10.9. The summed E-state index contributed by atoms with van der Waals surface area (Å²) < 4.78 is 0. The third-order valence-corrected chi connectivity index (χ3v) is 9.38. The van der Waals surface area contributed by atoms with Gasteiger partial charge in [0.2, 0.25) is 0 Å². The fourth-order valence-electron chi connectivity index (χ4n) is 1.69. The Morgan fingerprint density at radius 1 is 0.952 bits per heavy atom. The van der Waals surface area contributed by atoms with E-state index in [0.29, 0.717) is 0 Å². The number of hydrogen-bond acceptors (Lipinski definition) is 2. The molecule has 0 spiro atoms. The lowest BCUT2D eigenvalue weighted by Gasteiger charge is -2.25. The van der Waals surface area contributed by atoms with Gasteiger partial charge in [-0.3, -0.25) is 9.59 Å². The number of ketones is 1. The van der Waals surface area contributed by atoms with Gasteiger partial charge in [-0.1, -0.05) is 94.1 Å². The highest BCUT2D eigenvalue weighted by Crippen LogP contribution is 2.38. The van der Waals surface area contributed by atoms with Crippen LogP contribution in [0.1, 0.15) is 23.2 Å². The van der Waals surface area contributed by atoms with Crippen LogP contribution in [0, 0.1) is 0 Å². The average molecular weight is 550 g/mol. The molecule has 0 unspecified atom stereocenters. The number of halogens is 4. The summed E-state index contributed by atoms with van der Waals surface area (Å²) in [5.41, 5.74) is 1.10. The predicted octanol–water partition coefficient (Wildman–Crippen LogP) is 4.85. The standard InChI is InChI=1S/C14H14Br4O3/c15-11(8-4-2-1-3-5-8)13(17)14(18)12(16)9(19)6-7-10(20)21/h1-5,11-14H,6-7H2,(H,20,21)/t11-,12+,13-,14+/m1/s1. The van der Waals surface area contributed by atoms with E-state index in [1.54, 1.807) is 0 Å². The third kappa shape index (κ3) is 6.12. The SMILES string of the molecule is O=C(O)CCC(=O)[C@H](Br)[C@H](Br)[C@H](Br)[C@H](Br)c1ccccc1. The lowest BCUT2D eigenvalue weighted by atomic mass is 10.0. The lowest BCUT2D eigenvalue weighted by Crippen LogP contribution is -2.33. The van der Waals surface area contributed by atoms with Crippen LogP contribution in [0.4, 0.5) is 0 Å². The maximum atomic E-state index is 12.0. The van der Waals surface area contributed by atoms with Crippen molar-refractivity contribution < 1.29 is 14.7 Å². The van der Waals surface area contributed by atoms with Crippen LogP contribution < -0.4 is 0 Å². The van der Waals surface area contributed by atoms with Gasteiger partial charge in [0, 0.05) is 16.1 Å². The Morgan fingerprint density at radius 2 is 1.52 bits per heavy atom. The minimum atomic E-state index is -0.966. The number of Topliss-reactive ketones (excluding diaryl/α,β-unsaturated/α-hetero) is 1. The largest absolute Gasteiger partial charge is 0.481 e. The van der Waals surface area contributed by atoms with Gasteiger partial charge in [0.1, 0.15) is 5.78 Å². The molecule has 7 heteroatoms. The Balaban J connectivity index is 2.66. The Hall–Kier alpha value is 0.280. The quantitative estimate of drug-likeness (QED) is 0.472.